The van der Waals surface area contributed by atoms with E-state index in [1.807, 2.05) is 0 Å². The van der Waals surface area contributed by atoms with Gasteiger partial charge >= 0.3 is 0 Å². The maximum Gasteiger partial charge on any atom is 0.0457 e. The number of aromatic nitrogens is 1. The molecule has 1 saturated carbocycles. The number of H-pyrrole nitrogens is 1. The minimum absolute atomic E-state index is 0.719. The van der Waals surface area contributed by atoms with Gasteiger partial charge < -0.3 is 10.3 Å². The van der Waals surface area contributed by atoms with Crippen LogP contribution in [0.5, 0.6) is 0 Å². The van der Waals surface area contributed by atoms with E-state index in [0.717, 1.165) is 18.5 Å². The summed E-state index contributed by atoms with van der Waals surface area (Å²) in [5.74, 6) is 0.978. The first-order valence-electron chi connectivity index (χ1n) is 7.65. The van der Waals surface area contributed by atoms with Crippen LogP contribution in [-0.2, 0) is 6.54 Å². The molecule has 2 nitrogen and oxygen atoms in total. The van der Waals surface area contributed by atoms with Gasteiger partial charge in [-0.3, -0.25) is 0 Å². The summed E-state index contributed by atoms with van der Waals surface area (Å²) >= 11 is 0. The minimum Gasteiger partial charge on any atom is -0.361 e. The number of hydrogen-bond acceptors (Lipinski definition) is 1. The van der Waals surface area contributed by atoms with E-state index in [2.05, 4.69) is 47.7 Å². The molecule has 3 rings (SSSR count). The van der Waals surface area contributed by atoms with E-state index >= 15 is 0 Å². The van der Waals surface area contributed by atoms with Crippen molar-refractivity contribution in [3.8, 4) is 0 Å². The van der Waals surface area contributed by atoms with Crippen LogP contribution in [0.2, 0.25) is 0 Å². The molecule has 0 bridgehead atoms. The van der Waals surface area contributed by atoms with Gasteiger partial charge in [0.25, 0.3) is 0 Å². The highest BCUT2D eigenvalue weighted by Crippen LogP contribution is 2.27. The lowest BCUT2D eigenvalue weighted by molar-refractivity contribution is 0.285. The number of benzene rings is 1. The Balaban J connectivity index is 1.58. The predicted molar refractivity (Wildman–Crippen MR) is 81.2 cm³/mol. The zero-order valence-electron chi connectivity index (χ0n) is 11.8. The van der Waals surface area contributed by atoms with Crippen molar-refractivity contribution in [3.63, 3.8) is 0 Å². The Hall–Kier alpha value is -1.28. The highest BCUT2D eigenvalue weighted by molar-refractivity contribution is 5.82. The van der Waals surface area contributed by atoms with Gasteiger partial charge in [-0.15, -0.1) is 0 Å². The second-order valence-corrected chi connectivity index (χ2v) is 5.87. The first-order valence-corrected chi connectivity index (χ1v) is 7.65. The fourth-order valence-corrected chi connectivity index (χ4v) is 3.31. The first kappa shape index (κ1) is 12.7. The van der Waals surface area contributed by atoms with Crippen molar-refractivity contribution < 1.29 is 0 Å². The molecule has 1 aromatic heterocycles. The molecule has 2 N–H and O–H groups in total. The summed E-state index contributed by atoms with van der Waals surface area (Å²) in [6.45, 7) is 3.32. The Labute approximate surface area is 115 Å². The number of nitrogens with one attached hydrogen (secondary N) is 2. The van der Waals surface area contributed by atoms with Gasteiger partial charge in [0.1, 0.15) is 0 Å². The second kappa shape index (κ2) is 5.79. The Kier molecular flexibility index (Phi) is 3.88. The van der Waals surface area contributed by atoms with Gasteiger partial charge in [0, 0.05) is 29.7 Å². The summed E-state index contributed by atoms with van der Waals surface area (Å²) in [7, 11) is 0. The highest BCUT2D eigenvalue weighted by atomic mass is 14.9. The third-order valence-electron chi connectivity index (χ3n) is 4.68. The van der Waals surface area contributed by atoms with Crippen molar-refractivity contribution in [2.24, 2.45) is 5.92 Å². The molecule has 0 aliphatic heterocycles. The molecule has 1 heterocycles. The molecular formula is C17H24N2. The SMILES string of the molecule is CCC1CCC(NCc2c[nH]c3ccccc23)CC1. The largest absolute Gasteiger partial charge is 0.361 e. The van der Waals surface area contributed by atoms with E-state index in [0.29, 0.717) is 0 Å². The van der Waals surface area contributed by atoms with Crippen LogP contribution in [0.25, 0.3) is 10.9 Å². The molecule has 1 aliphatic carbocycles. The third kappa shape index (κ3) is 2.84. The van der Waals surface area contributed by atoms with Gasteiger partial charge in [0.2, 0.25) is 0 Å². The standard InChI is InChI=1S/C17H24N2/c1-2-13-7-9-15(10-8-13)18-11-14-12-19-17-6-4-3-5-16(14)17/h3-6,12-13,15,18-19H,2,7-11H2,1H3. The molecule has 0 radical (unpaired) electrons. The smallest absolute Gasteiger partial charge is 0.0457 e. The van der Waals surface area contributed by atoms with Gasteiger partial charge in [-0.05, 0) is 43.2 Å². The molecule has 0 unspecified atom stereocenters. The molecule has 2 heteroatoms. The van der Waals surface area contributed by atoms with E-state index in [9.17, 15) is 0 Å². The van der Waals surface area contributed by atoms with E-state index in [-0.39, 0.29) is 0 Å². The second-order valence-electron chi connectivity index (χ2n) is 5.87. The molecule has 1 aliphatic rings. The van der Waals surface area contributed by atoms with Gasteiger partial charge in [-0.1, -0.05) is 31.5 Å². The Morgan fingerprint density at radius 1 is 1.16 bits per heavy atom. The van der Waals surface area contributed by atoms with E-state index in [4.69, 9.17) is 0 Å². The number of hydrogen-bond donors (Lipinski definition) is 2. The lowest BCUT2D eigenvalue weighted by Gasteiger charge is -2.28. The third-order valence-corrected chi connectivity index (χ3v) is 4.68. The average molecular weight is 256 g/mol. The Morgan fingerprint density at radius 3 is 2.74 bits per heavy atom. The summed E-state index contributed by atoms with van der Waals surface area (Å²) < 4.78 is 0. The van der Waals surface area contributed by atoms with E-state index in [1.54, 1.807) is 0 Å². The monoisotopic (exact) mass is 256 g/mol. The molecule has 102 valence electrons. The number of fused-ring (bicyclic) bond motifs is 1. The molecule has 0 atom stereocenters. The van der Waals surface area contributed by atoms with Crippen LogP contribution in [0.4, 0.5) is 0 Å². The zero-order chi connectivity index (χ0) is 13.1. The van der Waals surface area contributed by atoms with Gasteiger partial charge in [-0.2, -0.15) is 0 Å². The molecule has 0 spiro atoms. The maximum atomic E-state index is 3.74. The summed E-state index contributed by atoms with van der Waals surface area (Å²) in [5, 5.41) is 5.10. The fourth-order valence-electron chi connectivity index (χ4n) is 3.31. The minimum atomic E-state index is 0.719. The van der Waals surface area contributed by atoms with Crippen LogP contribution in [0, 0.1) is 5.92 Å². The summed E-state index contributed by atoms with van der Waals surface area (Å²) in [6, 6.07) is 9.27. The number of aromatic amines is 1. The van der Waals surface area contributed by atoms with Crippen LogP contribution in [-0.4, -0.2) is 11.0 Å². The van der Waals surface area contributed by atoms with Crippen molar-refractivity contribution >= 4 is 10.9 Å². The average Bonchev–Trinajstić information content (AvgIpc) is 2.89. The molecule has 1 aromatic carbocycles. The summed E-state index contributed by atoms with van der Waals surface area (Å²) in [4.78, 5) is 3.35. The fraction of sp³-hybridized carbons (Fsp3) is 0.529. The molecule has 19 heavy (non-hydrogen) atoms. The van der Waals surface area contributed by atoms with Crippen LogP contribution in [0.1, 0.15) is 44.6 Å². The van der Waals surface area contributed by atoms with Crippen LogP contribution in [0.15, 0.2) is 30.5 Å². The van der Waals surface area contributed by atoms with Crippen LogP contribution in [0.3, 0.4) is 0 Å². The maximum absolute atomic E-state index is 3.74. The quantitative estimate of drug-likeness (QED) is 0.842. The van der Waals surface area contributed by atoms with Crippen LogP contribution >= 0.6 is 0 Å². The van der Waals surface area contributed by atoms with Gasteiger partial charge in [0.15, 0.2) is 0 Å². The van der Waals surface area contributed by atoms with Crippen molar-refractivity contribution in [1.29, 1.82) is 0 Å². The molecule has 2 aromatic rings. The van der Waals surface area contributed by atoms with Crippen LogP contribution < -0.4 is 5.32 Å². The first-order chi connectivity index (χ1) is 9.36. The molecule has 0 saturated heterocycles. The van der Waals surface area contributed by atoms with Gasteiger partial charge in [-0.25, -0.2) is 0 Å². The van der Waals surface area contributed by atoms with E-state index < -0.39 is 0 Å². The number of rotatable bonds is 4. The van der Waals surface area contributed by atoms with Crippen molar-refractivity contribution in [2.75, 3.05) is 0 Å². The number of para-hydroxylation sites is 1. The summed E-state index contributed by atoms with van der Waals surface area (Å²) in [6.07, 6.45) is 9.01. The summed E-state index contributed by atoms with van der Waals surface area (Å²) in [5.41, 5.74) is 2.64. The lowest BCUT2D eigenvalue weighted by atomic mass is 9.84. The van der Waals surface area contributed by atoms with Crippen molar-refractivity contribution in [2.45, 2.75) is 51.6 Å². The zero-order valence-corrected chi connectivity index (χ0v) is 11.8. The molecular weight excluding hydrogens is 232 g/mol. The predicted octanol–water partition coefficient (Wildman–Crippen LogP) is 4.23. The topological polar surface area (TPSA) is 27.8 Å². The lowest BCUT2D eigenvalue weighted by Crippen LogP contribution is -2.32. The van der Waals surface area contributed by atoms with Crippen molar-refractivity contribution in [1.82, 2.24) is 10.3 Å². The molecule has 1 fully saturated rings. The molecule has 0 amide bonds. The Morgan fingerprint density at radius 2 is 1.95 bits per heavy atom. The normalized spacial score (nSPS) is 23.8. The van der Waals surface area contributed by atoms with Crippen molar-refractivity contribution in [3.05, 3.63) is 36.0 Å². The Bertz CT molecular complexity index is 521. The highest BCUT2D eigenvalue weighted by Gasteiger charge is 2.19. The van der Waals surface area contributed by atoms with E-state index in [1.165, 1.54) is 48.6 Å². The van der Waals surface area contributed by atoms with Gasteiger partial charge in [0.05, 0.1) is 0 Å².